The first-order chi connectivity index (χ1) is 6.72. The summed E-state index contributed by atoms with van der Waals surface area (Å²) in [6.07, 6.45) is 5.46. The standard InChI is InChI=1S/C11H20N2O/c1-3-7-13-8-5-4-6-11(9-13)12-10(2)14/h3,11H,1,4-9H2,2H3,(H,12,14). The van der Waals surface area contributed by atoms with E-state index in [9.17, 15) is 4.79 Å². The van der Waals surface area contributed by atoms with Crippen LogP contribution in [0.5, 0.6) is 0 Å². The van der Waals surface area contributed by atoms with Crippen LogP contribution in [0.2, 0.25) is 0 Å². The largest absolute Gasteiger partial charge is 0.352 e. The van der Waals surface area contributed by atoms with Crippen molar-refractivity contribution in [2.45, 2.75) is 32.2 Å². The first-order valence-electron chi connectivity index (χ1n) is 5.32. The van der Waals surface area contributed by atoms with Crippen molar-refractivity contribution in [1.29, 1.82) is 0 Å². The Morgan fingerprint density at radius 2 is 2.43 bits per heavy atom. The molecule has 3 nitrogen and oxygen atoms in total. The van der Waals surface area contributed by atoms with Gasteiger partial charge in [-0.05, 0) is 19.4 Å². The number of rotatable bonds is 3. The van der Waals surface area contributed by atoms with Crippen molar-refractivity contribution in [2.75, 3.05) is 19.6 Å². The van der Waals surface area contributed by atoms with E-state index in [4.69, 9.17) is 0 Å². The molecule has 0 saturated carbocycles. The Bertz CT molecular complexity index is 203. The zero-order chi connectivity index (χ0) is 10.4. The third kappa shape index (κ3) is 3.92. The number of carbonyl (C=O) groups excluding carboxylic acids is 1. The van der Waals surface area contributed by atoms with Gasteiger partial charge >= 0.3 is 0 Å². The Labute approximate surface area is 86.2 Å². The SMILES string of the molecule is C=CCN1CCCCC(NC(C)=O)C1. The van der Waals surface area contributed by atoms with E-state index >= 15 is 0 Å². The monoisotopic (exact) mass is 196 g/mol. The van der Waals surface area contributed by atoms with Gasteiger partial charge in [0.05, 0.1) is 0 Å². The minimum Gasteiger partial charge on any atom is -0.352 e. The van der Waals surface area contributed by atoms with Crippen LogP contribution in [-0.2, 0) is 4.79 Å². The number of nitrogens with one attached hydrogen (secondary N) is 1. The van der Waals surface area contributed by atoms with E-state index in [1.165, 1.54) is 12.8 Å². The van der Waals surface area contributed by atoms with Crippen LogP contribution >= 0.6 is 0 Å². The Kier molecular flexibility index (Phi) is 4.66. The number of hydrogen-bond donors (Lipinski definition) is 1. The molecular formula is C11H20N2O. The number of nitrogens with zero attached hydrogens (tertiary/aromatic N) is 1. The first kappa shape index (κ1) is 11.2. The van der Waals surface area contributed by atoms with Gasteiger partial charge in [0, 0.05) is 26.1 Å². The molecule has 1 aliphatic heterocycles. The van der Waals surface area contributed by atoms with Gasteiger partial charge in [-0.15, -0.1) is 6.58 Å². The van der Waals surface area contributed by atoms with Crippen LogP contribution in [0.25, 0.3) is 0 Å². The van der Waals surface area contributed by atoms with Gasteiger partial charge in [-0.25, -0.2) is 0 Å². The van der Waals surface area contributed by atoms with Crippen molar-refractivity contribution in [3.63, 3.8) is 0 Å². The van der Waals surface area contributed by atoms with Gasteiger partial charge in [-0.3, -0.25) is 9.69 Å². The summed E-state index contributed by atoms with van der Waals surface area (Å²) in [6, 6.07) is 0.329. The summed E-state index contributed by atoms with van der Waals surface area (Å²) in [5.74, 6) is 0.0791. The molecule has 1 saturated heterocycles. The Balaban J connectivity index is 2.42. The van der Waals surface area contributed by atoms with Crippen molar-refractivity contribution >= 4 is 5.91 Å². The summed E-state index contributed by atoms with van der Waals surface area (Å²) in [7, 11) is 0. The molecule has 1 amide bonds. The van der Waals surface area contributed by atoms with Gasteiger partial charge in [0.2, 0.25) is 5.91 Å². The third-order valence-electron chi connectivity index (χ3n) is 2.55. The molecular weight excluding hydrogens is 176 g/mol. The maximum absolute atomic E-state index is 10.9. The number of hydrogen-bond acceptors (Lipinski definition) is 2. The smallest absolute Gasteiger partial charge is 0.217 e. The molecule has 1 rings (SSSR count). The van der Waals surface area contributed by atoms with Crippen LogP contribution in [0.15, 0.2) is 12.7 Å². The van der Waals surface area contributed by atoms with Gasteiger partial charge < -0.3 is 5.32 Å². The molecule has 0 aromatic heterocycles. The fraction of sp³-hybridized carbons (Fsp3) is 0.727. The predicted molar refractivity (Wildman–Crippen MR) is 58.1 cm³/mol. The molecule has 80 valence electrons. The lowest BCUT2D eigenvalue weighted by molar-refractivity contribution is -0.119. The van der Waals surface area contributed by atoms with Crippen LogP contribution in [0.3, 0.4) is 0 Å². The maximum Gasteiger partial charge on any atom is 0.217 e. The topological polar surface area (TPSA) is 32.3 Å². The molecule has 0 bridgehead atoms. The lowest BCUT2D eigenvalue weighted by Crippen LogP contribution is -2.41. The van der Waals surface area contributed by atoms with Gasteiger partial charge in [-0.1, -0.05) is 12.5 Å². The van der Waals surface area contributed by atoms with Crippen molar-refractivity contribution in [2.24, 2.45) is 0 Å². The minimum atomic E-state index is 0.0791. The van der Waals surface area contributed by atoms with E-state index in [2.05, 4.69) is 16.8 Å². The Hall–Kier alpha value is -0.830. The molecule has 1 fully saturated rings. The Morgan fingerprint density at radius 1 is 1.64 bits per heavy atom. The lowest BCUT2D eigenvalue weighted by atomic mass is 10.1. The van der Waals surface area contributed by atoms with Gasteiger partial charge in [0.25, 0.3) is 0 Å². The zero-order valence-electron chi connectivity index (χ0n) is 8.96. The molecule has 1 atom stereocenters. The molecule has 0 aromatic rings. The molecule has 0 aromatic carbocycles. The van der Waals surface area contributed by atoms with E-state index in [1.807, 2.05) is 6.08 Å². The normalized spacial score (nSPS) is 23.9. The maximum atomic E-state index is 10.9. The highest BCUT2D eigenvalue weighted by Gasteiger charge is 2.17. The van der Waals surface area contributed by atoms with Crippen molar-refractivity contribution in [1.82, 2.24) is 10.2 Å². The van der Waals surface area contributed by atoms with Gasteiger partial charge in [0.1, 0.15) is 0 Å². The van der Waals surface area contributed by atoms with Gasteiger partial charge in [0.15, 0.2) is 0 Å². The molecule has 0 radical (unpaired) electrons. The second-order valence-corrected chi connectivity index (χ2v) is 3.94. The average molecular weight is 196 g/mol. The molecule has 1 heterocycles. The molecule has 14 heavy (non-hydrogen) atoms. The van der Waals surface area contributed by atoms with E-state index in [0.717, 1.165) is 26.1 Å². The second kappa shape index (κ2) is 5.81. The lowest BCUT2D eigenvalue weighted by Gasteiger charge is -2.23. The second-order valence-electron chi connectivity index (χ2n) is 3.94. The van der Waals surface area contributed by atoms with E-state index in [1.54, 1.807) is 6.92 Å². The molecule has 1 unspecified atom stereocenters. The van der Waals surface area contributed by atoms with Crippen LogP contribution in [-0.4, -0.2) is 36.5 Å². The summed E-state index contributed by atoms with van der Waals surface area (Å²) >= 11 is 0. The molecule has 3 heteroatoms. The summed E-state index contributed by atoms with van der Waals surface area (Å²) in [5, 5.41) is 3.00. The summed E-state index contributed by atoms with van der Waals surface area (Å²) in [5.41, 5.74) is 0. The summed E-state index contributed by atoms with van der Waals surface area (Å²) in [4.78, 5) is 13.3. The van der Waals surface area contributed by atoms with E-state index < -0.39 is 0 Å². The van der Waals surface area contributed by atoms with Crippen molar-refractivity contribution < 1.29 is 4.79 Å². The molecule has 0 spiro atoms. The van der Waals surface area contributed by atoms with Crippen LogP contribution in [0.4, 0.5) is 0 Å². The van der Waals surface area contributed by atoms with Crippen LogP contribution in [0.1, 0.15) is 26.2 Å². The minimum absolute atomic E-state index is 0.0791. The van der Waals surface area contributed by atoms with Crippen molar-refractivity contribution in [3.8, 4) is 0 Å². The summed E-state index contributed by atoms with van der Waals surface area (Å²) < 4.78 is 0. The van der Waals surface area contributed by atoms with Crippen molar-refractivity contribution in [3.05, 3.63) is 12.7 Å². The van der Waals surface area contributed by atoms with Crippen LogP contribution < -0.4 is 5.32 Å². The highest BCUT2D eigenvalue weighted by Crippen LogP contribution is 2.10. The Morgan fingerprint density at radius 3 is 3.07 bits per heavy atom. The molecule has 1 N–H and O–H groups in total. The number of likely N-dealkylation sites (tertiary alicyclic amines) is 1. The molecule has 0 aliphatic carbocycles. The highest BCUT2D eigenvalue weighted by atomic mass is 16.1. The van der Waals surface area contributed by atoms with Crippen LogP contribution in [0, 0.1) is 0 Å². The van der Waals surface area contributed by atoms with Gasteiger partial charge in [-0.2, -0.15) is 0 Å². The fourth-order valence-electron chi connectivity index (χ4n) is 1.97. The average Bonchev–Trinajstić information content (AvgIpc) is 2.30. The molecule has 1 aliphatic rings. The third-order valence-corrected chi connectivity index (χ3v) is 2.55. The quantitative estimate of drug-likeness (QED) is 0.687. The predicted octanol–water partition coefficient (Wildman–Crippen LogP) is 1.16. The number of carbonyl (C=O) groups is 1. The zero-order valence-corrected chi connectivity index (χ0v) is 8.96. The summed E-state index contributed by atoms with van der Waals surface area (Å²) in [6.45, 7) is 8.35. The fourth-order valence-corrected chi connectivity index (χ4v) is 1.97. The number of amides is 1. The van der Waals surface area contributed by atoms with E-state index in [-0.39, 0.29) is 5.91 Å². The van der Waals surface area contributed by atoms with E-state index in [0.29, 0.717) is 6.04 Å². The highest BCUT2D eigenvalue weighted by molar-refractivity contribution is 5.73. The first-order valence-corrected chi connectivity index (χ1v) is 5.32.